The highest BCUT2D eigenvalue weighted by molar-refractivity contribution is 7.99. The Morgan fingerprint density at radius 1 is 1.24 bits per heavy atom. The fourth-order valence-electron chi connectivity index (χ4n) is 3.38. The number of nitrogens with zero attached hydrogens (tertiary/aromatic N) is 5. The van der Waals surface area contributed by atoms with Gasteiger partial charge in [0.05, 0.1) is 32.3 Å². The van der Waals surface area contributed by atoms with Crippen molar-refractivity contribution < 1.29 is 9.72 Å². The quantitative estimate of drug-likeness (QED) is 0.225. The number of aromatic nitrogens is 4. The number of nitrogens with one attached hydrogen (secondary N) is 1. The third-order valence-electron chi connectivity index (χ3n) is 4.98. The predicted molar refractivity (Wildman–Crippen MR) is 127 cm³/mol. The largest absolute Gasteiger partial charge is 0.324 e. The van der Waals surface area contributed by atoms with Crippen LogP contribution in [0, 0.1) is 10.1 Å². The Labute approximate surface area is 196 Å². The molecule has 0 spiro atoms. The first kappa shape index (κ1) is 22.7. The zero-order valence-corrected chi connectivity index (χ0v) is 19.1. The number of carbonyl (C=O) groups is 1. The van der Waals surface area contributed by atoms with Crippen LogP contribution in [0.5, 0.6) is 0 Å². The maximum Gasteiger partial charge on any atom is 0.271 e. The van der Waals surface area contributed by atoms with Crippen LogP contribution in [0.1, 0.15) is 19.8 Å². The molecule has 2 aromatic carbocycles. The fourth-order valence-corrected chi connectivity index (χ4v) is 4.29. The molecule has 0 aliphatic heterocycles. The van der Waals surface area contributed by atoms with Gasteiger partial charge in [-0.05, 0) is 24.6 Å². The number of anilines is 1. The average molecular weight is 487 g/mol. The van der Waals surface area contributed by atoms with Gasteiger partial charge in [0.15, 0.2) is 5.16 Å². The summed E-state index contributed by atoms with van der Waals surface area (Å²) in [6.45, 7) is 2.55. The number of non-ortho nitro benzene ring substituents is 1. The molecule has 0 fully saturated rings. The molecule has 10 nitrogen and oxygen atoms in total. The number of rotatable bonds is 8. The minimum atomic E-state index is -0.563. The molecule has 1 amide bonds. The van der Waals surface area contributed by atoms with Crippen LogP contribution in [0.2, 0.25) is 5.02 Å². The van der Waals surface area contributed by atoms with E-state index in [2.05, 4.69) is 15.5 Å². The van der Waals surface area contributed by atoms with Gasteiger partial charge in [-0.25, -0.2) is 0 Å². The smallest absolute Gasteiger partial charge is 0.271 e. The number of carbonyl (C=O) groups excluding carboxylic acids is 1. The number of benzene rings is 2. The lowest BCUT2D eigenvalue weighted by atomic mass is 10.2. The molecular weight excluding hydrogens is 468 g/mol. The Bertz CT molecular complexity index is 1430. The summed E-state index contributed by atoms with van der Waals surface area (Å²) >= 11 is 7.20. The summed E-state index contributed by atoms with van der Waals surface area (Å²) in [5, 5.41) is 23.2. The van der Waals surface area contributed by atoms with Crippen LogP contribution in [0.15, 0.2) is 52.4 Å². The second kappa shape index (κ2) is 9.59. The van der Waals surface area contributed by atoms with Crippen molar-refractivity contribution in [2.24, 2.45) is 0 Å². The Balaban J connectivity index is 1.63. The molecule has 33 heavy (non-hydrogen) atoms. The monoisotopic (exact) mass is 486 g/mol. The van der Waals surface area contributed by atoms with Crippen LogP contribution >= 0.6 is 23.4 Å². The van der Waals surface area contributed by atoms with E-state index in [4.69, 9.17) is 11.6 Å². The van der Waals surface area contributed by atoms with Crippen LogP contribution in [0.4, 0.5) is 11.4 Å². The summed E-state index contributed by atoms with van der Waals surface area (Å²) in [5.74, 6) is -0.0399. The van der Waals surface area contributed by atoms with Crippen molar-refractivity contribution in [2.75, 3.05) is 11.1 Å². The van der Waals surface area contributed by atoms with E-state index in [1.807, 2.05) is 19.1 Å². The minimum Gasteiger partial charge on any atom is -0.324 e. The van der Waals surface area contributed by atoms with Crippen molar-refractivity contribution in [2.45, 2.75) is 31.5 Å². The number of aryl methyl sites for hydroxylation is 1. The number of halogens is 1. The number of amides is 1. The second-order valence-electron chi connectivity index (χ2n) is 7.20. The standard InChI is InChI=1S/C21H19ClN6O4S/c1-2-3-10-26-19(30)14-6-4-5-7-17(14)27-20(26)24-25-21(27)33-12-18(29)23-16-11-13(28(31)32)8-9-15(16)22/h4-9,11H,2-3,10,12H2,1H3,(H,23,29). The zero-order valence-electron chi connectivity index (χ0n) is 17.5. The molecule has 12 heteroatoms. The molecule has 1 N–H and O–H groups in total. The zero-order chi connectivity index (χ0) is 23.5. The summed E-state index contributed by atoms with van der Waals surface area (Å²) < 4.78 is 3.37. The number of unbranched alkanes of at least 4 members (excludes halogenated alkanes) is 1. The maximum atomic E-state index is 13.0. The molecule has 2 aromatic heterocycles. The summed E-state index contributed by atoms with van der Waals surface area (Å²) in [6.07, 6.45) is 1.73. The van der Waals surface area contributed by atoms with Crippen LogP contribution in [0.3, 0.4) is 0 Å². The molecule has 0 atom stereocenters. The van der Waals surface area contributed by atoms with Crippen LogP contribution in [-0.4, -0.2) is 35.7 Å². The van der Waals surface area contributed by atoms with Crippen LogP contribution < -0.4 is 10.9 Å². The molecule has 4 aromatic rings. The second-order valence-corrected chi connectivity index (χ2v) is 8.55. The summed E-state index contributed by atoms with van der Waals surface area (Å²) in [5.41, 5.74) is 0.497. The average Bonchev–Trinajstić information content (AvgIpc) is 3.23. The number of hydrogen-bond acceptors (Lipinski definition) is 7. The molecule has 4 rings (SSSR count). The van der Waals surface area contributed by atoms with Gasteiger partial charge in [-0.2, -0.15) is 0 Å². The third-order valence-corrected chi connectivity index (χ3v) is 6.24. The van der Waals surface area contributed by atoms with E-state index < -0.39 is 10.8 Å². The first-order chi connectivity index (χ1) is 15.9. The van der Waals surface area contributed by atoms with E-state index in [0.29, 0.717) is 28.4 Å². The number of nitro benzene ring substituents is 1. The van der Waals surface area contributed by atoms with E-state index in [-0.39, 0.29) is 27.7 Å². The van der Waals surface area contributed by atoms with Gasteiger partial charge in [-0.1, -0.05) is 48.8 Å². The number of nitro groups is 1. The number of fused-ring (bicyclic) bond motifs is 3. The Kier molecular flexibility index (Phi) is 6.61. The van der Waals surface area contributed by atoms with Crippen molar-refractivity contribution in [3.05, 3.63) is 68.0 Å². The number of para-hydroxylation sites is 1. The Hall–Kier alpha value is -3.44. The summed E-state index contributed by atoms with van der Waals surface area (Å²) in [4.78, 5) is 35.9. The minimum absolute atomic E-state index is 0.0395. The number of thioether (sulfide) groups is 1. The highest BCUT2D eigenvalue weighted by Gasteiger charge is 2.18. The first-order valence-electron chi connectivity index (χ1n) is 10.1. The lowest BCUT2D eigenvalue weighted by Gasteiger charge is -2.11. The Morgan fingerprint density at radius 2 is 2.03 bits per heavy atom. The van der Waals surface area contributed by atoms with Crippen molar-refractivity contribution in [3.8, 4) is 0 Å². The van der Waals surface area contributed by atoms with Gasteiger partial charge in [0.2, 0.25) is 11.7 Å². The number of hydrogen-bond donors (Lipinski definition) is 1. The molecule has 0 saturated heterocycles. The van der Waals surface area contributed by atoms with Gasteiger partial charge in [-0.3, -0.25) is 28.7 Å². The van der Waals surface area contributed by atoms with E-state index in [1.165, 1.54) is 18.2 Å². The molecule has 0 saturated carbocycles. The van der Waals surface area contributed by atoms with Crippen molar-refractivity contribution in [1.29, 1.82) is 0 Å². The van der Waals surface area contributed by atoms with Crippen molar-refractivity contribution in [3.63, 3.8) is 0 Å². The molecule has 0 radical (unpaired) electrons. The predicted octanol–water partition coefficient (Wildman–Crippen LogP) is 4.14. The van der Waals surface area contributed by atoms with E-state index >= 15 is 0 Å². The summed E-state index contributed by atoms with van der Waals surface area (Å²) in [7, 11) is 0. The summed E-state index contributed by atoms with van der Waals surface area (Å²) in [6, 6.07) is 11.0. The Morgan fingerprint density at radius 3 is 2.79 bits per heavy atom. The molecule has 2 heterocycles. The van der Waals surface area contributed by atoms with Gasteiger partial charge in [0.25, 0.3) is 11.2 Å². The van der Waals surface area contributed by atoms with Gasteiger partial charge in [0, 0.05) is 18.7 Å². The molecular formula is C21H19ClN6O4S. The van der Waals surface area contributed by atoms with Crippen LogP contribution in [-0.2, 0) is 11.3 Å². The van der Waals surface area contributed by atoms with Gasteiger partial charge in [0.1, 0.15) is 0 Å². The fraction of sp³-hybridized carbons (Fsp3) is 0.238. The van der Waals surface area contributed by atoms with Gasteiger partial charge in [-0.15, -0.1) is 10.2 Å². The first-order valence-corrected chi connectivity index (χ1v) is 11.5. The van der Waals surface area contributed by atoms with Gasteiger partial charge < -0.3 is 5.32 Å². The molecule has 0 aliphatic carbocycles. The third kappa shape index (κ3) is 4.55. The molecule has 170 valence electrons. The molecule has 0 unspecified atom stereocenters. The van der Waals surface area contributed by atoms with E-state index in [0.717, 1.165) is 24.6 Å². The van der Waals surface area contributed by atoms with E-state index in [9.17, 15) is 19.7 Å². The lowest BCUT2D eigenvalue weighted by Crippen LogP contribution is -2.23. The highest BCUT2D eigenvalue weighted by Crippen LogP contribution is 2.27. The normalized spacial score (nSPS) is 11.2. The highest BCUT2D eigenvalue weighted by atomic mass is 35.5. The van der Waals surface area contributed by atoms with Gasteiger partial charge >= 0.3 is 0 Å². The van der Waals surface area contributed by atoms with E-state index in [1.54, 1.807) is 21.1 Å². The van der Waals surface area contributed by atoms with Crippen LogP contribution in [0.25, 0.3) is 16.7 Å². The SMILES string of the molecule is CCCCn1c(=O)c2ccccc2n2c(SCC(=O)Nc3cc([N+](=O)[O-])ccc3Cl)nnc12. The molecule has 0 bridgehead atoms. The van der Waals surface area contributed by atoms with Crippen molar-refractivity contribution in [1.82, 2.24) is 19.2 Å². The lowest BCUT2D eigenvalue weighted by molar-refractivity contribution is -0.384. The molecule has 0 aliphatic rings. The maximum absolute atomic E-state index is 13.0. The topological polar surface area (TPSA) is 124 Å². The van der Waals surface area contributed by atoms with Crippen molar-refractivity contribution >= 4 is 57.3 Å².